The van der Waals surface area contributed by atoms with Crippen LogP contribution < -0.4 is 14.8 Å². The summed E-state index contributed by atoms with van der Waals surface area (Å²) in [7, 11) is 0. The van der Waals surface area contributed by atoms with Gasteiger partial charge in [-0.25, -0.2) is 8.78 Å². The highest BCUT2D eigenvalue weighted by Gasteiger charge is 2.09. The normalized spacial score (nSPS) is 10.1. The lowest BCUT2D eigenvalue weighted by Gasteiger charge is -2.11. The molecule has 0 saturated carbocycles. The summed E-state index contributed by atoms with van der Waals surface area (Å²) in [5.74, 6) is -1.52. The molecule has 0 radical (unpaired) electrons. The zero-order valence-electron chi connectivity index (χ0n) is 11.9. The molecule has 0 atom stereocenters. The van der Waals surface area contributed by atoms with Crippen molar-refractivity contribution < 1.29 is 23.0 Å². The quantitative estimate of drug-likeness (QED) is 0.890. The molecule has 2 aromatic carbocycles. The maximum absolute atomic E-state index is 13.0. The molecule has 0 unspecified atom stereocenters. The number of hydrogen-bond acceptors (Lipinski definition) is 3. The van der Waals surface area contributed by atoms with E-state index in [0.717, 1.165) is 12.1 Å². The molecule has 0 fully saturated rings. The van der Waals surface area contributed by atoms with Crippen LogP contribution in [0.4, 0.5) is 14.5 Å². The van der Waals surface area contributed by atoms with E-state index in [4.69, 9.17) is 9.47 Å². The van der Waals surface area contributed by atoms with Gasteiger partial charge in [-0.2, -0.15) is 0 Å². The lowest BCUT2D eigenvalue weighted by Crippen LogP contribution is -2.20. The van der Waals surface area contributed by atoms with Crippen LogP contribution in [0.2, 0.25) is 0 Å². The van der Waals surface area contributed by atoms with E-state index in [-0.39, 0.29) is 12.3 Å². The maximum Gasteiger partial charge on any atom is 0.262 e. The Morgan fingerprint density at radius 2 is 1.73 bits per heavy atom. The average molecular weight is 307 g/mol. The number of nitrogens with one attached hydrogen (secondary N) is 1. The van der Waals surface area contributed by atoms with E-state index >= 15 is 0 Å². The number of halogens is 2. The van der Waals surface area contributed by atoms with Gasteiger partial charge in [-0.05, 0) is 31.2 Å². The number of carbonyl (C=O) groups excluding carboxylic acids is 1. The maximum atomic E-state index is 13.0. The van der Waals surface area contributed by atoms with Crippen molar-refractivity contribution in [2.24, 2.45) is 0 Å². The van der Waals surface area contributed by atoms with Crippen LogP contribution in [-0.2, 0) is 4.79 Å². The number of amides is 1. The Hall–Kier alpha value is -2.63. The first kappa shape index (κ1) is 15.8. The molecule has 4 nitrogen and oxygen atoms in total. The molecule has 1 N–H and O–H groups in total. The summed E-state index contributed by atoms with van der Waals surface area (Å²) in [5, 5.41) is 2.42. The molecule has 2 rings (SSSR count). The molecule has 0 spiro atoms. The summed E-state index contributed by atoms with van der Waals surface area (Å²) in [6, 6.07) is 10.1. The number of ether oxygens (including phenoxy) is 2. The molecule has 116 valence electrons. The molecular formula is C16H15F2NO3. The first-order chi connectivity index (χ1) is 10.6. The van der Waals surface area contributed by atoms with Gasteiger partial charge in [0.05, 0.1) is 6.61 Å². The molecule has 0 aliphatic rings. The van der Waals surface area contributed by atoms with E-state index in [1.54, 1.807) is 24.3 Å². The fourth-order valence-corrected chi connectivity index (χ4v) is 1.76. The predicted molar refractivity (Wildman–Crippen MR) is 78.1 cm³/mol. The highest BCUT2D eigenvalue weighted by Crippen LogP contribution is 2.26. The lowest BCUT2D eigenvalue weighted by atomic mass is 10.3. The Bertz CT molecular complexity index is 662. The predicted octanol–water partition coefficient (Wildman–Crippen LogP) is 3.38. The number of para-hydroxylation sites is 2. The topological polar surface area (TPSA) is 47.6 Å². The minimum absolute atomic E-state index is 0.158. The first-order valence-electron chi connectivity index (χ1n) is 6.69. The Morgan fingerprint density at radius 3 is 2.36 bits per heavy atom. The lowest BCUT2D eigenvalue weighted by molar-refractivity contribution is -0.118. The summed E-state index contributed by atoms with van der Waals surface area (Å²) in [4.78, 5) is 11.8. The van der Waals surface area contributed by atoms with Gasteiger partial charge in [-0.3, -0.25) is 4.79 Å². The second-order valence-electron chi connectivity index (χ2n) is 4.35. The van der Waals surface area contributed by atoms with Crippen LogP contribution in [0.1, 0.15) is 6.92 Å². The van der Waals surface area contributed by atoms with Gasteiger partial charge in [0, 0.05) is 11.8 Å². The van der Waals surface area contributed by atoms with Gasteiger partial charge in [0.2, 0.25) is 0 Å². The standard InChI is InChI=1S/C16H15F2NO3/c1-2-21-14-5-3-4-6-15(14)22-10-16(20)19-11-7-8-12(17)13(18)9-11/h3-9H,2,10H2,1H3,(H,19,20). The largest absolute Gasteiger partial charge is 0.490 e. The van der Waals surface area contributed by atoms with Crippen molar-refractivity contribution in [2.75, 3.05) is 18.5 Å². The zero-order valence-corrected chi connectivity index (χ0v) is 11.9. The Balaban J connectivity index is 1.94. The van der Waals surface area contributed by atoms with Gasteiger partial charge in [0.15, 0.2) is 29.7 Å². The SMILES string of the molecule is CCOc1ccccc1OCC(=O)Nc1ccc(F)c(F)c1. The average Bonchev–Trinajstić information content (AvgIpc) is 2.50. The van der Waals surface area contributed by atoms with E-state index in [1.165, 1.54) is 6.07 Å². The van der Waals surface area contributed by atoms with E-state index in [2.05, 4.69) is 5.32 Å². The Labute approximate surface area is 126 Å². The molecule has 0 aliphatic heterocycles. The number of hydrogen-bond donors (Lipinski definition) is 1. The highest BCUT2D eigenvalue weighted by atomic mass is 19.2. The molecule has 1 amide bonds. The third-order valence-electron chi connectivity index (χ3n) is 2.71. The summed E-state index contributed by atoms with van der Waals surface area (Å²) >= 11 is 0. The van der Waals surface area contributed by atoms with Crippen LogP contribution in [-0.4, -0.2) is 19.1 Å². The number of anilines is 1. The van der Waals surface area contributed by atoms with Crippen LogP contribution >= 0.6 is 0 Å². The second-order valence-corrected chi connectivity index (χ2v) is 4.35. The van der Waals surface area contributed by atoms with Crippen LogP contribution in [0.3, 0.4) is 0 Å². The molecule has 0 aromatic heterocycles. The van der Waals surface area contributed by atoms with Crippen molar-refractivity contribution in [1.29, 1.82) is 0 Å². The summed E-state index contributed by atoms with van der Waals surface area (Å²) in [5.41, 5.74) is 0.158. The van der Waals surface area contributed by atoms with Crippen molar-refractivity contribution in [3.63, 3.8) is 0 Å². The van der Waals surface area contributed by atoms with Gasteiger partial charge in [0.1, 0.15) is 0 Å². The van der Waals surface area contributed by atoms with Crippen molar-refractivity contribution >= 4 is 11.6 Å². The van der Waals surface area contributed by atoms with Gasteiger partial charge in [0.25, 0.3) is 5.91 Å². The molecule has 6 heteroatoms. The minimum Gasteiger partial charge on any atom is -0.490 e. The smallest absolute Gasteiger partial charge is 0.262 e. The van der Waals surface area contributed by atoms with Crippen molar-refractivity contribution in [1.82, 2.24) is 0 Å². The highest BCUT2D eigenvalue weighted by molar-refractivity contribution is 5.91. The van der Waals surface area contributed by atoms with Crippen LogP contribution in [0.15, 0.2) is 42.5 Å². The first-order valence-corrected chi connectivity index (χ1v) is 6.69. The Kier molecular flexibility index (Phi) is 5.30. The number of carbonyl (C=O) groups is 1. The molecule has 0 saturated heterocycles. The third kappa shape index (κ3) is 4.18. The summed E-state index contributed by atoms with van der Waals surface area (Å²) < 4.78 is 36.6. The van der Waals surface area contributed by atoms with Crippen LogP contribution in [0.25, 0.3) is 0 Å². The van der Waals surface area contributed by atoms with Crippen LogP contribution in [0, 0.1) is 11.6 Å². The molecular weight excluding hydrogens is 292 g/mol. The van der Waals surface area contributed by atoms with Gasteiger partial charge < -0.3 is 14.8 Å². The van der Waals surface area contributed by atoms with E-state index in [9.17, 15) is 13.6 Å². The monoisotopic (exact) mass is 307 g/mol. The van der Waals surface area contributed by atoms with Gasteiger partial charge >= 0.3 is 0 Å². The summed E-state index contributed by atoms with van der Waals surface area (Å²) in [6.07, 6.45) is 0. The molecule has 0 bridgehead atoms. The minimum atomic E-state index is -1.03. The summed E-state index contributed by atoms with van der Waals surface area (Å²) in [6.45, 7) is 2.04. The number of benzene rings is 2. The number of rotatable bonds is 6. The van der Waals surface area contributed by atoms with E-state index in [1.807, 2.05) is 6.92 Å². The van der Waals surface area contributed by atoms with Crippen molar-refractivity contribution in [3.8, 4) is 11.5 Å². The van der Waals surface area contributed by atoms with Gasteiger partial charge in [-0.1, -0.05) is 12.1 Å². The van der Waals surface area contributed by atoms with Crippen molar-refractivity contribution in [3.05, 3.63) is 54.1 Å². The van der Waals surface area contributed by atoms with Crippen molar-refractivity contribution in [2.45, 2.75) is 6.92 Å². The van der Waals surface area contributed by atoms with Gasteiger partial charge in [-0.15, -0.1) is 0 Å². The fourth-order valence-electron chi connectivity index (χ4n) is 1.76. The zero-order chi connectivity index (χ0) is 15.9. The van der Waals surface area contributed by atoms with E-state index < -0.39 is 17.5 Å². The fraction of sp³-hybridized carbons (Fsp3) is 0.188. The molecule has 22 heavy (non-hydrogen) atoms. The van der Waals surface area contributed by atoms with E-state index in [0.29, 0.717) is 18.1 Å². The molecule has 0 heterocycles. The Morgan fingerprint density at radius 1 is 1.05 bits per heavy atom. The van der Waals surface area contributed by atoms with Crippen LogP contribution in [0.5, 0.6) is 11.5 Å². The second kappa shape index (κ2) is 7.40. The third-order valence-corrected chi connectivity index (χ3v) is 2.71. The molecule has 0 aliphatic carbocycles. The molecule has 2 aromatic rings.